The Hall–Kier alpha value is -3.57. The van der Waals surface area contributed by atoms with E-state index in [0.29, 0.717) is 40.1 Å². The largest absolute Gasteiger partial charge is 0.507 e. The number of hydrogen-bond donors (Lipinski definition) is 1. The second kappa shape index (κ2) is 9.74. The molecule has 1 heterocycles. The fourth-order valence-electron chi connectivity index (χ4n) is 4.03. The molecule has 4 rings (SSSR count). The van der Waals surface area contributed by atoms with Crippen molar-refractivity contribution in [2.24, 2.45) is 5.92 Å². The van der Waals surface area contributed by atoms with Gasteiger partial charge in [-0.25, -0.2) is 0 Å². The fraction of sp³-hybridized carbons (Fsp3) is 0.214. The molecule has 1 N–H and O–H groups in total. The number of ether oxygens (including phenoxy) is 1. The van der Waals surface area contributed by atoms with E-state index in [0.717, 1.165) is 5.56 Å². The Morgan fingerprint density at radius 3 is 2.47 bits per heavy atom. The minimum atomic E-state index is -0.807. The highest BCUT2D eigenvalue weighted by Gasteiger charge is 2.47. The SMILES string of the molecule is Cc1cccc(C2/C(=C(\O)c3cccc(OCC(C)C)c3)C(=O)C(=O)N2c2cccc(Cl)c2)c1. The number of aryl methyl sites for hydroxylation is 1. The van der Waals surface area contributed by atoms with E-state index in [-0.39, 0.29) is 11.3 Å². The number of amides is 1. The van der Waals surface area contributed by atoms with Gasteiger partial charge in [0.05, 0.1) is 18.2 Å². The van der Waals surface area contributed by atoms with Crippen LogP contribution in [0.25, 0.3) is 5.76 Å². The highest BCUT2D eigenvalue weighted by atomic mass is 35.5. The number of carbonyl (C=O) groups excluding carboxylic acids is 2. The van der Waals surface area contributed by atoms with Gasteiger partial charge >= 0.3 is 0 Å². The minimum Gasteiger partial charge on any atom is -0.507 e. The van der Waals surface area contributed by atoms with Crippen LogP contribution in [0.1, 0.15) is 36.6 Å². The zero-order valence-corrected chi connectivity index (χ0v) is 20.0. The lowest BCUT2D eigenvalue weighted by Crippen LogP contribution is -2.29. The quantitative estimate of drug-likeness (QED) is 0.258. The molecule has 1 atom stereocenters. The van der Waals surface area contributed by atoms with Crippen LogP contribution in [0.15, 0.2) is 78.4 Å². The number of rotatable bonds is 6. The van der Waals surface area contributed by atoms with Crippen LogP contribution < -0.4 is 9.64 Å². The van der Waals surface area contributed by atoms with Crippen LogP contribution in [-0.2, 0) is 9.59 Å². The summed E-state index contributed by atoms with van der Waals surface area (Å²) in [6, 6.07) is 20.4. The lowest BCUT2D eigenvalue weighted by molar-refractivity contribution is -0.132. The molecule has 0 spiro atoms. The smallest absolute Gasteiger partial charge is 0.300 e. The number of hydrogen-bond acceptors (Lipinski definition) is 4. The van der Waals surface area contributed by atoms with E-state index in [4.69, 9.17) is 16.3 Å². The Bertz CT molecular complexity index is 1280. The van der Waals surface area contributed by atoms with E-state index in [1.165, 1.54) is 4.90 Å². The molecule has 3 aromatic carbocycles. The maximum Gasteiger partial charge on any atom is 0.300 e. The number of Topliss-reactive ketones (excluding diaryl/α,β-unsaturated/α-hetero) is 1. The third-order valence-corrected chi connectivity index (χ3v) is 5.81. The molecule has 1 unspecified atom stereocenters. The van der Waals surface area contributed by atoms with E-state index < -0.39 is 17.7 Å². The van der Waals surface area contributed by atoms with Crippen LogP contribution in [0.3, 0.4) is 0 Å². The molecule has 1 fully saturated rings. The first-order valence-corrected chi connectivity index (χ1v) is 11.5. The van der Waals surface area contributed by atoms with Gasteiger partial charge in [-0.2, -0.15) is 0 Å². The Balaban J connectivity index is 1.88. The van der Waals surface area contributed by atoms with Gasteiger partial charge in [0.1, 0.15) is 11.5 Å². The summed E-state index contributed by atoms with van der Waals surface area (Å²) in [4.78, 5) is 27.9. The van der Waals surface area contributed by atoms with Crippen molar-refractivity contribution in [1.82, 2.24) is 0 Å². The Morgan fingerprint density at radius 1 is 1.03 bits per heavy atom. The summed E-state index contributed by atoms with van der Waals surface area (Å²) in [5.74, 6) is -0.806. The third-order valence-electron chi connectivity index (χ3n) is 5.58. The van der Waals surface area contributed by atoms with E-state index in [2.05, 4.69) is 0 Å². The van der Waals surface area contributed by atoms with Gasteiger partial charge in [-0.1, -0.05) is 73.5 Å². The average Bonchev–Trinajstić information content (AvgIpc) is 3.08. The minimum absolute atomic E-state index is 0.0246. The van der Waals surface area contributed by atoms with Gasteiger partial charge in [-0.3, -0.25) is 14.5 Å². The van der Waals surface area contributed by atoms with Crippen LogP contribution in [-0.4, -0.2) is 23.4 Å². The highest BCUT2D eigenvalue weighted by Crippen LogP contribution is 2.43. The van der Waals surface area contributed by atoms with Crippen molar-refractivity contribution in [3.8, 4) is 5.75 Å². The number of aliphatic hydroxyl groups is 1. The van der Waals surface area contributed by atoms with Gasteiger partial charge in [0.2, 0.25) is 0 Å². The number of halogens is 1. The second-order valence-electron chi connectivity index (χ2n) is 8.80. The summed E-state index contributed by atoms with van der Waals surface area (Å²) >= 11 is 6.19. The van der Waals surface area contributed by atoms with E-state index in [1.54, 1.807) is 48.5 Å². The first kappa shape index (κ1) is 23.6. The molecule has 0 aliphatic carbocycles. The van der Waals surface area contributed by atoms with Crippen LogP contribution in [0.4, 0.5) is 5.69 Å². The number of aliphatic hydroxyl groups excluding tert-OH is 1. The number of carbonyl (C=O) groups is 2. The topological polar surface area (TPSA) is 66.8 Å². The predicted octanol–water partition coefficient (Wildman–Crippen LogP) is 6.31. The summed E-state index contributed by atoms with van der Waals surface area (Å²) < 4.78 is 5.79. The van der Waals surface area contributed by atoms with Crippen molar-refractivity contribution >= 4 is 34.7 Å². The van der Waals surface area contributed by atoms with Crippen LogP contribution in [0, 0.1) is 12.8 Å². The first-order chi connectivity index (χ1) is 16.3. The molecule has 6 heteroatoms. The van der Waals surface area contributed by atoms with Gasteiger partial charge < -0.3 is 9.84 Å². The van der Waals surface area contributed by atoms with Crippen molar-refractivity contribution in [3.63, 3.8) is 0 Å². The number of benzene rings is 3. The van der Waals surface area contributed by atoms with Crippen molar-refractivity contribution < 1.29 is 19.4 Å². The number of ketones is 1. The van der Waals surface area contributed by atoms with Gasteiger partial charge in [0.25, 0.3) is 11.7 Å². The Kier molecular flexibility index (Phi) is 6.75. The zero-order valence-electron chi connectivity index (χ0n) is 19.3. The maximum atomic E-state index is 13.3. The van der Waals surface area contributed by atoms with Crippen molar-refractivity contribution in [1.29, 1.82) is 0 Å². The van der Waals surface area contributed by atoms with Crippen molar-refractivity contribution in [2.75, 3.05) is 11.5 Å². The highest BCUT2D eigenvalue weighted by molar-refractivity contribution is 6.51. The molecule has 1 aliphatic heterocycles. The van der Waals surface area contributed by atoms with Crippen molar-refractivity contribution in [3.05, 3.63) is 100 Å². The molecule has 1 saturated heterocycles. The van der Waals surface area contributed by atoms with E-state index >= 15 is 0 Å². The first-order valence-electron chi connectivity index (χ1n) is 11.1. The monoisotopic (exact) mass is 475 g/mol. The molecule has 0 aromatic heterocycles. The summed E-state index contributed by atoms with van der Waals surface area (Å²) in [5.41, 5.74) is 2.60. The molecule has 0 saturated carbocycles. The van der Waals surface area contributed by atoms with E-state index in [1.807, 2.05) is 45.0 Å². The molecule has 3 aromatic rings. The van der Waals surface area contributed by atoms with Gasteiger partial charge in [0, 0.05) is 16.3 Å². The number of anilines is 1. The van der Waals surface area contributed by atoms with Crippen LogP contribution >= 0.6 is 11.6 Å². The normalized spacial score (nSPS) is 17.4. The zero-order chi connectivity index (χ0) is 24.4. The van der Waals surface area contributed by atoms with E-state index in [9.17, 15) is 14.7 Å². The second-order valence-corrected chi connectivity index (χ2v) is 9.23. The third kappa shape index (κ3) is 4.70. The molecule has 1 amide bonds. The summed E-state index contributed by atoms with van der Waals surface area (Å²) in [5, 5.41) is 11.8. The van der Waals surface area contributed by atoms with Crippen molar-refractivity contribution in [2.45, 2.75) is 26.8 Å². The maximum absolute atomic E-state index is 13.3. The predicted molar refractivity (Wildman–Crippen MR) is 134 cm³/mol. The van der Waals surface area contributed by atoms with Gasteiger partial charge in [-0.15, -0.1) is 0 Å². The fourth-order valence-corrected chi connectivity index (χ4v) is 4.22. The van der Waals surface area contributed by atoms with Crippen LogP contribution in [0.5, 0.6) is 5.75 Å². The Morgan fingerprint density at radius 2 is 1.76 bits per heavy atom. The van der Waals surface area contributed by atoms with Gasteiger partial charge in [-0.05, 0) is 48.7 Å². The molecule has 5 nitrogen and oxygen atoms in total. The standard InChI is InChI=1S/C28H26ClNO4/c1-17(2)16-34-23-12-5-9-20(14-23)26(31)24-25(19-8-4-7-18(3)13-19)30(28(33)27(24)32)22-11-6-10-21(29)15-22/h4-15,17,25,31H,16H2,1-3H3/b26-24+. The molecule has 34 heavy (non-hydrogen) atoms. The lowest BCUT2D eigenvalue weighted by atomic mass is 9.94. The number of nitrogens with zero attached hydrogens (tertiary/aromatic N) is 1. The molecule has 1 aliphatic rings. The summed E-state index contributed by atoms with van der Waals surface area (Å²) in [7, 11) is 0. The molecule has 174 valence electrons. The lowest BCUT2D eigenvalue weighted by Gasteiger charge is -2.26. The van der Waals surface area contributed by atoms with Gasteiger partial charge in [0.15, 0.2) is 0 Å². The molecule has 0 radical (unpaired) electrons. The molecular weight excluding hydrogens is 450 g/mol. The van der Waals surface area contributed by atoms with Crippen LogP contribution in [0.2, 0.25) is 5.02 Å². The average molecular weight is 476 g/mol. The summed E-state index contributed by atoms with van der Waals surface area (Å²) in [6.45, 7) is 6.54. The Labute approximate surface area is 204 Å². The molecular formula is C28H26ClNO4. The molecule has 0 bridgehead atoms. The summed E-state index contributed by atoms with van der Waals surface area (Å²) in [6.07, 6.45) is 0.